The van der Waals surface area contributed by atoms with Gasteiger partial charge in [0.05, 0.1) is 13.3 Å². The first-order valence-electron chi connectivity index (χ1n) is 4.58. The van der Waals surface area contributed by atoms with E-state index in [0.717, 1.165) is 16.8 Å². The molecule has 0 aliphatic heterocycles. The van der Waals surface area contributed by atoms with Crippen LogP contribution < -0.4 is 0 Å². The van der Waals surface area contributed by atoms with Crippen molar-refractivity contribution < 1.29 is 18.3 Å². The number of aromatic nitrogens is 3. The Morgan fingerprint density at radius 3 is 2.82 bits per heavy atom. The normalized spacial score (nSPS) is 10.3. The van der Waals surface area contributed by atoms with E-state index in [1.807, 2.05) is 0 Å². The summed E-state index contributed by atoms with van der Waals surface area (Å²) in [6.07, 6.45) is 1.20. The number of carbonyl (C=O) groups is 1. The van der Waals surface area contributed by atoms with Gasteiger partial charge in [0.2, 0.25) is 0 Å². The highest BCUT2D eigenvalue weighted by atomic mass is 19.1. The van der Waals surface area contributed by atoms with Crippen LogP contribution in [0.1, 0.15) is 10.5 Å². The van der Waals surface area contributed by atoms with Gasteiger partial charge in [0, 0.05) is 6.07 Å². The van der Waals surface area contributed by atoms with Crippen molar-refractivity contribution in [3.8, 4) is 5.69 Å². The number of esters is 1. The Kier molecular flexibility index (Phi) is 2.82. The molecule has 1 heterocycles. The molecule has 2 aromatic rings. The van der Waals surface area contributed by atoms with Crippen molar-refractivity contribution in [2.45, 2.75) is 0 Å². The second-order valence-electron chi connectivity index (χ2n) is 3.14. The Labute approximate surface area is 94.6 Å². The van der Waals surface area contributed by atoms with Crippen molar-refractivity contribution in [3.63, 3.8) is 0 Å². The van der Waals surface area contributed by atoms with Crippen molar-refractivity contribution in [2.24, 2.45) is 0 Å². The highest BCUT2D eigenvalue weighted by molar-refractivity contribution is 5.86. The van der Waals surface area contributed by atoms with Crippen molar-refractivity contribution in [2.75, 3.05) is 7.11 Å². The average molecular weight is 239 g/mol. The van der Waals surface area contributed by atoms with Gasteiger partial charge in [0.15, 0.2) is 11.5 Å². The molecule has 88 valence electrons. The molecule has 0 aliphatic carbocycles. The van der Waals surface area contributed by atoms with E-state index < -0.39 is 17.6 Å². The first-order valence-corrected chi connectivity index (χ1v) is 4.58. The summed E-state index contributed by atoms with van der Waals surface area (Å²) < 4.78 is 31.5. The molecule has 1 aromatic heterocycles. The van der Waals surface area contributed by atoms with E-state index in [-0.39, 0.29) is 11.4 Å². The minimum Gasteiger partial charge on any atom is -0.464 e. The molecule has 0 saturated carbocycles. The van der Waals surface area contributed by atoms with Crippen LogP contribution in [0.5, 0.6) is 0 Å². The van der Waals surface area contributed by atoms with Crippen LogP contribution in [0.15, 0.2) is 24.4 Å². The number of benzene rings is 1. The van der Waals surface area contributed by atoms with Crippen LogP contribution in [0.3, 0.4) is 0 Å². The van der Waals surface area contributed by atoms with E-state index >= 15 is 0 Å². The molecule has 1 aromatic carbocycles. The van der Waals surface area contributed by atoms with E-state index in [9.17, 15) is 13.6 Å². The Hall–Kier alpha value is -2.31. The Morgan fingerprint density at radius 1 is 1.41 bits per heavy atom. The first-order chi connectivity index (χ1) is 8.11. The van der Waals surface area contributed by atoms with Crippen molar-refractivity contribution >= 4 is 5.97 Å². The van der Waals surface area contributed by atoms with Gasteiger partial charge in [-0.1, -0.05) is 5.21 Å². The smallest absolute Gasteiger partial charge is 0.360 e. The maximum Gasteiger partial charge on any atom is 0.360 e. The molecule has 0 radical (unpaired) electrons. The lowest BCUT2D eigenvalue weighted by molar-refractivity contribution is 0.0594. The topological polar surface area (TPSA) is 57.0 Å². The summed E-state index contributed by atoms with van der Waals surface area (Å²) in [5, 5.41) is 7.05. The molecule has 0 amide bonds. The van der Waals surface area contributed by atoms with Gasteiger partial charge in [0.1, 0.15) is 11.5 Å². The van der Waals surface area contributed by atoms with Crippen molar-refractivity contribution in [1.82, 2.24) is 15.0 Å². The van der Waals surface area contributed by atoms with Gasteiger partial charge in [-0.2, -0.15) is 0 Å². The molecule has 2 rings (SSSR count). The summed E-state index contributed by atoms with van der Waals surface area (Å²) in [5.41, 5.74) is -0.0646. The minimum atomic E-state index is -0.800. The fourth-order valence-corrected chi connectivity index (χ4v) is 1.25. The Balaban J connectivity index is 2.40. The molecule has 5 nitrogen and oxygen atoms in total. The standard InChI is InChI=1S/C10H7F2N3O2/c1-17-10(16)8-5-15(14-13-8)9-3-2-6(11)4-7(9)12/h2-5H,1H3. The number of ether oxygens (including phenoxy) is 1. The van der Waals surface area contributed by atoms with Crippen molar-refractivity contribution in [1.29, 1.82) is 0 Å². The summed E-state index contributed by atoms with van der Waals surface area (Å²) in [4.78, 5) is 11.1. The Bertz CT molecular complexity index is 568. The van der Waals surface area contributed by atoms with Gasteiger partial charge < -0.3 is 4.74 Å². The number of carbonyl (C=O) groups excluding carboxylic acids is 1. The predicted molar refractivity (Wildman–Crippen MR) is 52.6 cm³/mol. The van der Waals surface area contributed by atoms with E-state index in [1.54, 1.807) is 0 Å². The number of halogens is 2. The average Bonchev–Trinajstić information content (AvgIpc) is 2.77. The van der Waals surface area contributed by atoms with Crippen LogP contribution in [-0.4, -0.2) is 28.1 Å². The van der Waals surface area contributed by atoms with Crippen LogP contribution in [0, 0.1) is 11.6 Å². The van der Waals surface area contributed by atoms with Gasteiger partial charge in [-0.3, -0.25) is 0 Å². The first kappa shape index (κ1) is 11.2. The summed E-state index contributed by atoms with van der Waals surface area (Å²) in [7, 11) is 1.19. The fourth-order valence-electron chi connectivity index (χ4n) is 1.25. The lowest BCUT2D eigenvalue weighted by atomic mass is 10.3. The lowest BCUT2D eigenvalue weighted by Gasteiger charge is -2.00. The SMILES string of the molecule is COC(=O)c1cn(-c2ccc(F)cc2F)nn1. The Morgan fingerprint density at radius 2 is 2.18 bits per heavy atom. The molecule has 7 heteroatoms. The molecule has 0 bridgehead atoms. The summed E-state index contributed by atoms with van der Waals surface area (Å²) in [5.74, 6) is -2.18. The van der Waals surface area contributed by atoms with E-state index in [4.69, 9.17) is 0 Å². The number of nitrogens with zero attached hydrogens (tertiary/aromatic N) is 3. The van der Waals surface area contributed by atoms with Gasteiger partial charge in [-0.05, 0) is 12.1 Å². The lowest BCUT2D eigenvalue weighted by Crippen LogP contribution is -2.01. The third-order valence-electron chi connectivity index (χ3n) is 2.04. The largest absolute Gasteiger partial charge is 0.464 e. The monoisotopic (exact) mass is 239 g/mol. The molecule has 0 fully saturated rings. The predicted octanol–water partition coefficient (Wildman–Crippen LogP) is 1.33. The molecule has 0 saturated heterocycles. The van der Waals surface area contributed by atoms with Gasteiger partial charge in [0.25, 0.3) is 0 Å². The minimum absolute atomic E-state index is 0.00551. The molecule has 0 N–H and O–H groups in total. The van der Waals surface area contributed by atoms with Crippen LogP contribution in [-0.2, 0) is 4.74 Å². The second kappa shape index (κ2) is 4.28. The van der Waals surface area contributed by atoms with Crippen LogP contribution >= 0.6 is 0 Å². The van der Waals surface area contributed by atoms with Gasteiger partial charge in [-0.15, -0.1) is 5.10 Å². The van der Waals surface area contributed by atoms with E-state index in [1.165, 1.54) is 19.4 Å². The highest BCUT2D eigenvalue weighted by Crippen LogP contribution is 2.13. The third kappa shape index (κ3) is 2.12. The molecular formula is C10H7F2N3O2. The van der Waals surface area contributed by atoms with Gasteiger partial charge >= 0.3 is 5.97 Å². The van der Waals surface area contributed by atoms with Crippen LogP contribution in [0.2, 0.25) is 0 Å². The number of hydrogen-bond donors (Lipinski definition) is 0. The molecular weight excluding hydrogens is 232 g/mol. The van der Waals surface area contributed by atoms with Gasteiger partial charge in [-0.25, -0.2) is 18.3 Å². The number of methoxy groups -OCH3 is 1. The quantitative estimate of drug-likeness (QED) is 0.742. The van der Waals surface area contributed by atoms with Crippen molar-refractivity contribution in [3.05, 3.63) is 41.7 Å². The van der Waals surface area contributed by atoms with Crippen LogP contribution in [0.4, 0.5) is 8.78 Å². The summed E-state index contributed by atoms with van der Waals surface area (Å²) >= 11 is 0. The maximum absolute atomic E-state index is 13.4. The van der Waals surface area contributed by atoms with E-state index in [0.29, 0.717) is 0 Å². The molecule has 17 heavy (non-hydrogen) atoms. The summed E-state index contributed by atoms with van der Waals surface area (Å²) in [6.45, 7) is 0. The molecule has 0 unspecified atom stereocenters. The molecule has 0 aliphatic rings. The fraction of sp³-hybridized carbons (Fsp3) is 0.100. The zero-order valence-electron chi connectivity index (χ0n) is 8.72. The zero-order valence-corrected chi connectivity index (χ0v) is 8.72. The molecule has 0 spiro atoms. The second-order valence-corrected chi connectivity index (χ2v) is 3.14. The molecule has 0 atom stereocenters. The summed E-state index contributed by atoms with van der Waals surface area (Å²) in [6, 6.07) is 2.99. The maximum atomic E-state index is 13.4. The number of rotatable bonds is 2. The number of hydrogen-bond acceptors (Lipinski definition) is 4. The highest BCUT2D eigenvalue weighted by Gasteiger charge is 2.13. The van der Waals surface area contributed by atoms with Crippen LogP contribution in [0.25, 0.3) is 5.69 Å². The zero-order chi connectivity index (χ0) is 12.4. The third-order valence-corrected chi connectivity index (χ3v) is 2.04. The van der Waals surface area contributed by atoms with E-state index in [2.05, 4.69) is 15.0 Å².